The minimum Gasteiger partial charge on any atom is -0.497 e. The maximum Gasteiger partial charge on any atom is 0.264 e. The van der Waals surface area contributed by atoms with Gasteiger partial charge in [-0.1, -0.05) is 13.8 Å². The van der Waals surface area contributed by atoms with Gasteiger partial charge in [-0.2, -0.15) is 5.26 Å². The van der Waals surface area contributed by atoms with Crippen LogP contribution < -0.4 is 4.74 Å². The molecule has 0 saturated carbocycles. The average molecular weight is 435 g/mol. The second-order valence-electron chi connectivity index (χ2n) is 8.30. The van der Waals surface area contributed by atoms with E-state index < -0.39 is 0 Å². The van der Waals surface area contributed by atoms with E-state index in [0.717, 1.165) is 28.4 Å². The molecule has 2 heterocycles. The monoisotopic (exact) mass is 434 g/mol. The zero-order valence-corrected chi connectivity index (χ0v) is 19.4. The van der Waals surface area contributed by atoms with Crippen molar-refractivity contribution in [2.45, 2.75) is 27.7 Å². The number of carbonyl (C=O) groups is 2. The van der Waals surface area contributed by atoms with E-state index in [4.69, 9.17) is 4.74 Å². The van der Waals surface area contributed by atoms with Gasteiger partial charge in [-0.3, -0.25) is 9.59 Å². The van der Waals surface area contributed by atoms with Gasteiger partial charge in [0.25, 0.3) is 5.91 Å². The molecule has 32 heavy (non-hydrogen) atoms. The zero-order chi connectivity index (χ0) is 23.4. The van der Waals surface area contributed by atoms with Crippen LogP contribution >= 0.6 is 0 Å². The first-order valence-electron chi connectivity index (χ1n) is 10.8. The second kappa shape index (κ2) is 9.73. The Balaban J connectivity index is 1.80. The van der Waals surface area contributed by atoms with Gasteiger partial charge in [-0.05, 0) is 55.8 Å². The number of hydrogen-bond acceptors (Lipinski definition) is 4. The van der Waals surface area contributed by atoms with E-state index in [1.165, 1.54) is 0 Å². The molecule has 0 N–H and O–H groups in total. The Morgan fingerprint density at radius 3 is 2.19 bits per heavy atom. The Bertz CT molecular complexity index is 1070. The summed E-state index contributed by atoms with van der Waals surface area (Å²) in [6, 6.07) is 11.8. The van der Waals surface area contributed by atoms with Crippen molar-refractivity contribution < 1.29 is 14.3 Å². The van der Waals surface area contributed by atoms with Crippen LogP contribution in [0.5, 0.6) is 5.75 Å². The largest absolute Gasteiger partial charge is 0.497 e. The number of hydrogen-bond donors (Lipinski definition) is 0. The van der Waals surface area contributed by atoms with Gasteiger partial charge in [-0.25, -0.2) is 0 Å². The lowest BCUT2D eigenvalue weighted by atomic mass is 10.1. The molecule has 7 nitrogen and oxygen atoms in total. The minimum atomic E-state index is -0.293. The summed E-state index contributed by atoms with van der Waals surface area (Å²) in [5, 5.41) is 9.69. The van der Waals surface area contributed by atoms with Gasteiger partial charge in [0.2, 0.25) is 5.91 Å². The average Bonchev–Trinajstić information content (AvgIpc) is 3.09. The van der Waals surface area contributed by atoms with Crippen LogP contribution in [0.1, 0.15) is 30.8 Å². The van der Waals surface area contributed by atoms with E-state index in [1.54, 1.807) is 23.0 Å². The lowest BCUT2D eigenvalue weighted by Gasteiger charge is -2.35. The molecule has 0 aliphatic carbocycles. The first-order valence-corrected chi connectivity index (χ1v) is 10.8. The van der Waals surface area contributed by atoms with Crippen LogP contribution in [-0.2, 0) is 9.59 Å². The summed E-state index contributed by atoms with van der Waals surface area (Å²) < 4.78 is 7.32. The van der Waals surface area contributed by atoms with Crippen molar-refractivity contribution >= 4 is 17.9 Å². The highest BCUT2D eigenvalue weighted by Gasteiger charge is 2.27. The molecule has 0 radical (unpaired) electrons. The van der Waals surface area contributed by atoms with E-state index in [9.17, 15) is 14.9 Å². The van der Waals surface area contributed by atoms with Crippen molar-refractivity contribution in [3.05, 3.63) is 52.9 Å². The highest BCUT2D eigenvalue weighted by atomic mass is 16.5. The summed E-state index contributed by atoms with van der Waals surface area (Å²) in [6.07, 6.45) is 1.66. The number of nitriles is 1. The number of rotatable bonds is 5. The standard InChI is InChI=1S/C25H30N4O3/c1-17(2)24(30)27-10-12-28(13-11-27)25(31)21(16-26)15-20-14-18(3)29(19(20)4)22-6-8-23(32-5)9-7-22/h6-9,14-15,17H,10-13H2,1-5H3/b21-15+. The third kappa shape index (κ3) is 4.70. The normalized spacial score (nSPS) is 14.5. The first kappa shape index (κ1) is 23.1. The highest BCUT2D eigenvalue weighted by molar-refractivity contribution is 6.02. The van der Waals surface area contributed by atoms with Crippen LogP contribution in [0.4, 0.5) is 0 Å². The molecule has 0 unspecified atom stereocenters. The fourth-order valence-electron chi connectivity index (χ4n) is 4.03. The Hall–Kier alpha value is -3.53. The lowest BCUT2D eigenvalue weighted by molar-refractivity contribution is -0.139. The molecule has 1 aliphatic rings. The van der Waals surface area contributed by atoms with Gasteiger partial charge in [0.15, 0.2) is 0 Å². The SMILES string of the molecule is COc1ccc(-n2c(C)cc(/C=C(\C#N)C(=O)N3CCN(C(=O)C(C)C)CC3)c2C)cc1. The van der Waals surface area contributed by atoms with Gasteiger partial charge >= 0.3 is 0 Å². The summed E-state index contributed by atoms with van der Waals surface area (Å²) in [5.41, 5.74) is 3.86. The summed E-state index contributed by atoms with van der Waals surface area (Å²) in [6.45, 7) is 9.56. The molecule has 7 heteroatoms. The molecule has 3 rings (SSSR count). The van der Waals surface area contributed by atoms with Crippen LogP contribution in [0.25, 0.3) is 11.8 Å². The number of amides is 2. The quantitative estimate of drug-likeness (QED) is 0.534. The molecule has 1 aromatic heterocycles. The van der Waals surface area contributed by atoms with E-state index in [0.29, 0.717) is 26.2 Å². The summed E-state index contributed by atoms with van der Waals surface area (Å²) in [4.78, 5) is 28.6. The molecule has 1 saturated heterocycles. The molecule has 0 atom stereocenters. The Morgan fingerprint density at radius 2 is 1.66 bits per heavy atom. The number of methoxy groups -OCH3 is 1. The number of aryl methyl sites for hydroxylation is 1. The van der Waals surface area contributed by atoms with Crippen molar-refractivity contribution in [3.8, 4) is 17.5 Å². The van der Waals surface area contributed by atoms with Gasteiger partial charge < -0.3 is 19.1 Å². The Morgan fingerprint density at radius 1 is 1.06 bits per heavy atom. The molecule has 0 bridgehead atoms. The highest BCUT2D eigenvalue weighted by Crippen LogP contribution is 2.25. The van der Waals surface area contributed by atoms with Crippen molar-refractivity contribution in [2.24, 2.45) is 5.92 Å². The molecular weight excluding hydrogens is 404 g/mol. The van der Waals surface area contributed by atoms with Crippen LogP contribution in [0.3, 0.4) is 0 Å². The number of piperazine rings is 1. The predicted molar refractivity (Wildman–Crippen MR) is 123 cm³/mol. The number of benzene rings is 1. The van der Waals surface area contributed by atoms with Gasteiger partial charge in [0.05, 0.1) is 7.11 Å². The molecule has 1 fully saturated rings. The zero-order valence-electron chi connectivity index (χ0n) is 19.4. The molecule has 0 spiro atoms. The molecule has 2 aromatic rings. The van der Waals surface area contributed by atoms with Gasteiger partial charge in [0, 0.05) is 49.2 Å². The van der Waals surface area contributed by atoms with Crippen molar-refractivity contribution in [3.63, 3.8) is 0 Å². The number of aromatic nitrogens is 1. The smallest absolute Gasteiger partial charge is 0.264 e. The molecule has 2 amide bonds. The number of nitrogens with zero attached hydrogens (tertiary/aromatic N) is 4. The first-order chi connectivity index (χ1) is 15.3. The summed E-state index contributed by atoms with van der Waals surface area (Å²) in [7, 11) is 1.63. The van der Waals surface area contributed by atoms with E-state index in [1.807, 2.05) is 58.0 Å². The second-order valence-corrected chi connectivity index (χ2v) is 8.30. The number of carbonyl (C=O) groups excluding carboxylic acids is 2. The van der Waals surface area contributed by atoms with Crippen molar-refractivity contribution in [2.75, 3.05) is 33.3 Å². The van der Waals surface area contributed by atoms with Crippen LogP contribution in [0.2, 0.25) is 0 Å². The van der Waals surface area contributed by atoms with E-state index in [-0.39, 0.29) is 23.3 Å². The Kier molecular flexibility index (Phi) is 7.04. The topological polar surface area (TPSA) is 78.6 Å². The van der Waals surface area contributed by atoms with Gasteiger partial charge in [0.1, 0.15) is 17.4 Å². The van der Waals surface area contributed by atoms with Gasteiger partial charge in [-0.15, -0.1) is 0 Å². The van der Waals surface area contributed by atoms with E-state index >= 15 is 0 Å². The number of ether oxygens (including phenoxy) is 1. The maximum atomic E-state index is 13.0. The third-order valence-corrected chi connectivity index (χ3v) is 5.82. The molecular formula is C25H30N4O3. The maximum absolute atomic E-state index is 13.0. The third-order valence-electron chi connectivity index (χ3n) is 5.82. The molecule has 1 aliphatic heterocycles. The lowest BCUT2D eigenvalue weighted by Crippen LogP contribution is -2.51. The van der Waals surface area contributed by atoms with Crippen LogP contribution in [0.15, 0.2) is 35.9 Å². The molecule has 1 aromatic carbocycles. The van der Waals surface area contributed by atoms with Crippen LogP contribution in [-0.4, -0.2) is 59.5 Å². The van der Waals surface area contributed by atoms with Crippen LogP contribution in [0, 0.1) is 31.1 Å². The fraction of sp³-hybridized carbons (Fsp3) is 0.400. The predicted octanol–water partition coefficient (Wildman–Crippen LogP) is 3.34. The molecule has 168 valence electrons. The van der Waals surface area contributed by atoms with E-state index in [2.05, 4.69) is 10.6 Å². The minimum absolute atomic E-state index is 0.0622. The summed E-state index contributed by atoms with van der Waals surface area (Å²) >= 11 is 0. The Labute approximate surface area is 189 Å². The van der Waals surface area contributed by atoms with Crippen molar-refractivity contribution in [1.29, 1.82) is 5.26 Å². The summed E-state index contributed by atoms with van der Waals surface area (Å²) in [5.74, 6) is 0.522. The van der Waals surface area contributed by atoms with Crippen molar-refractivity contribution in [1.82, 2.24) is 14.4 Å². The fourth-order valence-corrected chi connectivity index (χ4v) is 4.03.